The summed E-state index contributed by atoms with van der Waals surface area (Å²) in [6, 6.07) is 24.6. The Bertz CT molecular complexity index is 1210. The van der Waals surface area contributed by atoms with E-state index in [2.05, 4.69) is 59.2 Å². The van der Waals surface area contributed by atoms with Crippen LogP contribution in [0.5, 0.6) is 11.5 Å². The number of hydrogen-bond acceptors (Lipinski definition) is 3. The molecule has 2 heterocycles. The second-order valence-electron chi connectivity index (χ2n) is 9.26. The molecule has 3 aromatic rings. The molecule has 1 aliphatic carbocycles. The molecule has 2 aliphatic heterocycles. The van der Waals surface area contributed by atoms with Gasteiger partial charge in [0.25, 0.3) is 0 Å². The molecule has 0 unspecified atom stereocenters. The van der Waals surface area contributed by atoms with Crippen molar-refractivity contribution in [1.82, 2.24) is 10.6 Å². The van der Waals surface area contributed by atoms with Crippen molar-refractivity contribution in [3.63, 3.8) is 0 Å². The van der Waals surface area contributed by atoms with Gasteiger partial charge in [-0.1, -0.05) is 78.7 Å². The van der Waals surface area contributed by atoms with E-state index in [1.165, 1.54) is 11.1 Å². The smallest absolute Gasteiger partial charge is 0.191 e. The van der Waals surface area contributed by atoms with Crippen LogP contribution in [0.1, 0.15) is 47.9 Å². The van der Waals surface area contributed by atoms with E-state index in [1.54, 1.807) is 6.07 Å². The number of ether oxygens (including phenoxy) is 1. The van der Waals surface area contributed by atoms with E-state index in [4.69, 9.17) is 28.6 Å². The van der Waals surface area contributed by atoms with E-state index in [0.29, 0.717) is 15.9 Å². The van der Waals surface area contributed by atoms with Crippen molar-refractivity contribution < 1.29 is 9.84 Å². The molecule has 1 saturated heterocycles. The molecule has 6 heteroatoms. The van der Waals surface area contributed by atoms with Crippen LogP contribution in [0.4, 0.5) is 0 Å². The molecule has 0 aromatic heterocycles. The molecule has 3 aromatic carbocycles. The van der Waals surface area contributed by atoms with E-state index in [9.17, 15) is 5.11 Å². The summed E-state index contributed by atoms with van der Waals surface area (Å²) in [5.74, 6) is 1.07. The summed E-state index contributed by atoms with van der Waals surface area (Å²) in [6.45, 7) is 0. The first-order valence-corrected chi connectivity index (χ1v) is 12.3. The zero-order valence-electron chi connectivity index (χ0n) is 18.0. The average molecular weight is 477 g/mol. The quantitative estimate of drug-likeness (QED) is 0.402. The number of thiocarbonyl (C=S) groups is 1. The van der Waals surface area contributed by atoms with Crippen molar-refractivity contribution >= 4 is 28.9 Å². The van der Waals surface area contributed by atoms with Crippen molar-refractivity contribution in [1.29, 1.82) is 0 Å². The largest absolute Gasteiger partial charge is 0.506 e. The van der Waals surface area contributed by atoms with Gasteiger partial charge in [-0.3, -0.25) is 0 Å². The minimum absolute atomic E-state index is 0.0283. The number of benzene rings is 3. The normalized spacial score (nSPS) is 30.0. The summed E-state index contributed by atoms with van der Waals surface area (Å²) >= 11 is 12.1. The van der Waals surface area contributed by atoms with Gasteiger partial charge in [-0.05, 0) is 42.3 Å². The fraction of sp³-hybridized carbons (Fsp3) is 0.296. The van der Waals surface area contributed by atoms with Gasteiger partial charge >= 0.3 is 0 Å². The highest BCUT2D eigenvalue weighted by atomic mass is 35.5. The molecule has 33 heavy (non-hydrogen) atoms. The maximum atomic E-state index is 10.4. The van der Waals surface area contributed by atoms with E-state index in [0.717, 1.165) is 24.8 Å². The molecule has 3 aliphatic rings. The van der Waals surface area contributed by atoms with E-state index >= 15 is 0 Å². The summed E-state index contributed by atoms with van der Waals surface area (Å²) in [7, 11) is 0. The maximum Gasteiger partial charge on any atom is 0.191 e. The molecule has 1 saturated carbocycles. The number of hydrogen-bond donors (Lipinski definition) is 3. The molecule has 6 rings (SSSR count). The van der Waals surface area contributed by atoms with E-state index in [-0.39, 0.29) is 29.5 Å². The molecule has 3 N–H and O–H groups in total. The third-order valence-electron chi connectivity index (χ3n) is 7.54. The van der Waals surface area contributed by atoms with Crippen LogP contribution in [0.15, 0.2) is 72.8 Å². The topological polar surface area (TPSA) is 53.5 Å². The van der Waals surface area contributed by atoms with Crippen LogP contribution >= 0.6 is 23.8 Å². The average Bonchev–Trinajstić information content (AvgIpc) is 2.83. The lowest BCUT2D eigenvalue weighted by molar-refractivity contribution is -0.120. The van der Waals surface area contributed by atoms with E-state index in [1.807, 2.05) is 18.2 Å². The Hall–Kier alpha value is -2.76. The summed E-state index contributed by atoms with van der Waals surface area (Å²) in [5, 5.41) is 18.5. The first-order chi connectivity index (χ1) is 16.1. The first-order valence-electron chi connectivity index (χ1n) is 11.5. The Kier molecular flexibility index (Phi) is 5.00. The summed E-state index contributed by atoms with van der Waals surface area (Å²) in [6.07, 6.45) is 3.12. The van der Waals surface area contributed by atoms with Gasteiger partial charge in [0.2, 0.25) is 0 Å². The van der Waals surface area contributed by atoms with Gasteiger partial charge in [-0.2, -0.15) is 0 Å². The number of halogens is 1. The number of fused-ring (bicyclic) bond motifs is 1. The second-order valence-corrected chi connectivity index (χ2v) is 10.1. The standard InChI is InChI=1S/C27H25ClN2O2S/c28-21-14-18-23(15-22(21)31)32-27-19(24(18)16-8-3-1-4-9-16)12-7-13-20(27)25(29-26(33)30-27)17-10-5-2-6-11-17/h1-6,8-11,14-15,19-20,24-25,31H,7,12-13H2,(H2,29,30,33)/t19-,20-,24-,25+,27-/m1/s1. The van der Waals surface area contributed by atoms with Crippen molar-refractivity contribution in [2.24, 2.45) is 11.8 Å². The van der Waals surface area contributed by atoms with Gasteiger partial charge in [0, 0.05) is 29.4 Å². The predicted octanol–water partition coefficient (Wildman–Crippen LogP) is 5.90. The SMILES string of the molecule is Oc1cc2c(cc1Cl)[C@@H](c1ccccc1)[C@H]1CCC[C@@H]3[C@H](c4ccccc4)NC(=S)N[C@@]13O2. The van der Waals surface area contributed by atoms with Gasteiger partial charge in [-0.25, -0.2) is 0 Å². The van der Waals surface area contributed by atoms with Gasteiger partial charge < -0.3 is 20.5 Å². The predicted molar refractivity (Wildman–Crippen MR) is 134 cm³/mol. The van der Waals surface area contributed by atoms with Gasteiger partial charge in [0.1, 0.15) is 11.5 Å². The minimum atomic E-state index is -0.686. The van der Waals surface area contributed by atoms with Crippen molar-refractivity contribution in [2.75, 3.05) is 0 Å². The lowest BCUT2D eigenvalue weighted by atomic mass is 9.60. The third-order valence-corrected chi connectivity index (χ3v) is 8.07. The molecule has 4 nitrogen and oxygen atoms in total. The van der Waals surface area contributed by atoms with Gasteiger partial charge in [0.05, 0.1) is 11.1 Å². The van der Waals surface area contributed by atoms with Crippen LogP contribution in [-0.2, 0) is 0 Å². The molecule has 2 fully saturated rings. The van der Waals surface area contributed by atoms with Gasteiger partial charge in [0.15, 0.2) is 10.8 Å². The van der Waals surface area contributed by atoms with Crippen LogP contribution in [-0.4, -0.2) is 15.9 Å². The van der Waals surface area contributed by atoms with Crippen LogP contribution in [0, 0.1) is 11.8 Å². The minimum Gasteiger partial charge on any atom is -0.506 e. The van der Waals surface area contributed by atoms with E-state index < -0.39 is 5.72 Å². The summed E-state index contributed by atoms with van der Waals surface area (Å²) in [5.41, 5.74) is 2.75. The zero-order chi connectivity index (χ0) is 22.6. The molecular formula is C27H25ClN2O2S. The van der Waals surface area contributed by atoms with Crippen molar-refractivity contribution in [3.8, 4) is 11.5 Å². The molecule has 168 valence electrons. The monoisotopic (exact) mass is 476 g/mol. The molecule has 0 amide bonds. The Labute approximate surface area is 203 Å². The first kappa shape index (κ1) is 20.8. The molecule has 5 atom stereocenters. The lowest BCUT2D eigenvalue weighted by Gasteiger charge is -2.59. The number of nitrogens with one attached hydrogen (secondary N) is 2. The van der Waals surface area contributed by atoms with Crippen molar-refractivity contribution in [2.45, 2.75) is 36.9 Å². The highest BCUT2D eigenvalue weighted by Crippen LogP contribution is 2.58. The number of rotatable bonds is 2. The molecule has 0 radical (unpaired) electrons. The van der Waals surface area contributed by atoms with Crippen LogP contribution < -0.4 is 15.4 Å². The Morgan fingerprint density at radius 1 is 0.939 bits per heavy atom. The maximum absolute atomic E-state index is 10.4. The fourth-order valence-electron chi connectivity index (χ4n) is 6.24. The summed E-state index contributed by atoms with van der Waals surface area (Å²) < 4.78 is 6.88. The number of phenolic OH excluding ortho intramolecular Hbond substituents is 1. The van der Waals surface area contributed by atoms with Crippen LogP contribution in [0.2, 0.25) is 5.02 Å². The van der Waals surface area contributed by atoms with Crippen LogP contribution in [0.25, 0.3) is 0 Å². The second kappa shape index (κ2) is 7.93. The Balaban J connectivity index is 1.55. The fourth-order valence-corrected chi connectivity index (χ4v) is 6.70. The van der Waals surface area contributed by atoms with Crippen LogP contribution in [0.3, 0.4) is 0 Å². The lowest BCUT2D eigenvalue weighted by Crippen LogP contribution is -2.73. The highest BCUT2D eigenvalue weighted by molar-refractivity contribution is 7.80. The molecular weight excluding hydrogens is 452 g/mol. The summed E-state index contributed by atoms with van der Waals surface area (Å²) in [4.78, 5) is 0. The van der Waals surface area contributed by atoms with Gasteiger partial charge in [-0.15, -0.1) is 0 Å². The molecule has 0 bridgehead atoms. The highest BCUT2D eigenvalue weighted by Gasteiger charge is 2.60. The Morgan fingerprint density at radius 3 is 2.33 bits per heavy atom. The van der Waals surface area contributed by atoms with Crippen molar-refractivity contribution in [3.05, 3.63) is 94.5 Å². The number of phenols is 1. The Morgan fingerprint density at radius 2 is 1.61 bits per heavy atom. The number of aromatic hydroxyl groups is 1. The molecule has 1 spiro atoms. The zero-order valence-corrected chi connectivity index (χ0v) is 19.6. The third kappa shape index (κ3) is 3.29.